The van der Waals surface area contributed by atoms with E-state index in [2.05, 4.69) is 22.4 Å². The van der Waals surface area contributed by atoms with Crippen LogP contribution in [0.1, 0.15) is 29.6 Å². The molecule has 1 aromatic carbocycles. The molecule has 0 aliphatic carbocycles. The van der Waals surface area contributed by atoms with Crippen LogP contribution in [0.15, 0.2) is 41.4 Å². The lowest BCUT2D eigenvalue weighted by Gasteiger charge is -2.18. The van der Waals surface area contributed by atoms with Crippen LogP contribution in [0.25, 0.3) is 0 Å². The van der Waals surface area contributed by atoms with Gasteiger partial charge in [-0.05, 0) is 25.0 Å². The largest absolute Gasteiger partial charge is 0.484 e. The topological polar surface area (TPSA) is 114 Å². The first-order valence-electron chi connectivity index (χ1n) is 9.24. The summed E-state index contributed by atoms with van der Waals surface area (Å²) >= 11 is 5.58. The van der Waals surface area contributed by atoms with Crippen molar-refractivity contribution in [1.82, 2.24) is 15.8 Å². The number of ether oxygens (including phenoxy) is 1. The summed E-state index contributed by atoms with van der Waals surface area (Å²) in [5.41, 5.74) is 0.654. The van der Waals surface area contributed by atoms with Crippen molar-refractivity contribution in [1.29, 1.82) is 0 Å². The van der Waals surface area contributed by atoms with Gasteiger partial charge in [0.05, 0.1) is 16.8 Å². The Hall–Kier alpha value is -2.91. The number of nitrogens with one attached hydrogen (secondary N) is 2. The Morgan fingerprint density at radius 3 is 2.83 bits per heavy atom. The first-order chi connectivity index (χ1) is 14.3. The van der Waals surface area contributed by atoms with Crippen LogP contribution < -0.4 is 15.4 Å². The molecule has 1 aromatic heterocycles. The molecule has 10 heteroatoms. The molecule has 0 radical (unpaired) electrons. The van der Waals surface area contributed by atoms with Gasteiger partial charge in [0.25, 0.3) is 11.8 Å². The fourth-order valence-corrected chi connectivity index (χ4v) is 2.53. The van der Waals surface area contributed by atoms with E-state index in [1.54, 1.807) is 6.07 Å². The Morgan fingerprint density at radius 1 is 1.43 bits per heavy atom. The normalized spacial score (nSPS) is 12.7. The molecule has 2 rings (SSSR count). The van der Waals surface area contributed by atoms with Crippen LogP contribution >= 0.6 is 11.6 Å². The minimum absolute atomic E-state index is 0.0482. The molecule has 2 amide bonds. The lowest BCUT2D eigenvalue weighted by molar-refractivity contribution is -0.123. The molecule has 0 fully saturated rings. The van der Waals surface area contributed by atoms with Crippen molar-refractivity contribution < 1.29 is 28.3 Å². The van der Waals surface area contributed by atoms with Crippen molar-refractivity contribution in [3.05, 3.63) is 59.2 Å². The van der Waals surface area contributed by atoms with E-state index in [1.807, 2.05) is 6.92 Å². The quantitative estimate of drug-likeness (QED) is 0.463. The summed E-state index contributed by atoms with van der Waals surface area (Å²) in [6.45, 7) is 5.09. The van der Waals surface area contributed by atoms with E-state index in [4.69, 9.17) is 20.9 Å². The minimum atomic E-state index is -0.953. The van der Waals surface area contributed by atoms with Crippen molar-refractivity contribution in [3.63, 3.8) is 0 Å². The van der Waals surface area contributed by atoms with Gasteiger partial charge in [-0.3, -0.25) is 9.59 Å². The summed E-state index contributed by atoms with van der Waals surface area (Å²) in [7, 11) is 0. The van der Waals surface area contributed by atoms with Crippen molar-refractivity contribution in [3.8, 4) is 5.75 Å². The van der Waals surface area contributed by atoms with Crippen LogP contribution in [-0.2, 0) is 11.2 Å². The maximum Gasteiger partial charge on any atom is 0.290 e. The van der Waals surface area contributed by atoms with Gasteiger partial charge in [0.15, 0.2) is 6.61 Å². The van der Waals surface area contributed by atoms with Gasteiger partial charge in [0.2, 0.25) is 5.76 Å². The van der Waals surface area contributed by atoms with Crippen molar-refractivity contribution in [2.45, 2.75) is 31.9 Å². The number of rotatable bonds is 11. The molecule has 3 N–H and O–H groups in total. The Labute approximate surface area is 178 Å². The summed E-state index contributed by atoms with van der Waals surface area (Å²) in [6, 6.07) is 4.81. The van der Waals surface area contributed by atoms with Gasteiger partial charge < -0.3 is 25.0 Å². The predicted octanol–water partition coefficient (Wildman–Crippen LogP) is 2.26. The molecule has 1 heterocycles. The molecular weight excluding hydrogens is 417 g/mol. The maximum atomic E-state index is 13.3. The summed E-state index contributed by atoms with van der Waals surface area (Å²) < 4.78 is 23.5. The van der Waals surface area contributed by atoms with Gasteiger partial charge >= 0.3 is 0 Å². The third-order valence-corrected chi connectivity index (χ3v) is 4.37. The van der Waals surface area contributed by atoms with Crippen LogP contribution in [0.3, 0.4) is 0 Å². The van der Waals surface area contributed by atoms with Crippen LogP contribution in [0.2, 0.25) is 5.02 Å². The second-order valence-electron chi connectivity index (χ2n) is 6.41. The number of carbonyl (C=O) groups is 2. The highest BCUT2D eigenvalue weighted by Crippen LogP contribution is 2.20. The fourth-order valence-electron chi connectivity index (χ4n) is 2.41. The van der Waals surface area contributed by atoms with E-state index < -0.39 is 29.8 Å². The molecule has 2 unspecified atom stereocenters. The van der Waals surface area contributed by atoms with Crippen molar-refractivity contribution in [2.75, 3.05) is 13.2 Å². The predicted molar refractivity (Wildman–Crippen MR) is 108 cm³/mol. The molecule has 0 aliphatic rings. The molecule has 0 spiro atoms. The van der Waals surface area contributed by atoms with E-state index in [-0.39, 0.29) is 36.1 Å². The zero-order valence-electron chi connectivity index (χ0n) is 16.4. The summed E-state index contributed by atoms with van der Waals surface area (Å²) in [5, 5.41) is 19.0. The highest BCUT2D eigenvalue weighted by Gasteiger charge is 2.19. The number of aryl methyl sites for hydroxylation is 1. The number of nitrogens with zero attached hydrogens (tertiary/aromatic N) is 1. The molecule has 162 valence electrons. The van der Waals surface area contributed by atoms with E-state index in [0.717, 1.165) is 6.07 Å². The number of hydrogen-bond acceptors (Lipinski definition) is 6. The van der Waals surface area contributed by atoms with Crippen LogP contribution in [0.5, 0.6) is 5.75 Å². The van der Waals surface area contributed by atoms with Gasteiger partial charge in [-0.2, -0.15) is 0 Å². The second kappa shape index (κ2) is 11.3. The molecule has 2 aromatic rings. The molecule has 2 atom stereocenters. The number of aliphatic hydroxyl groups is 1. The van der Waals surface area contributed by atoms with E-state index in [0.29, 0.717) is 12.1 Å². The third-order valence-electron chi connectivity index (χ3n) is 4.07. The number of hydrogen-bond donors (Lipinski definition) is 3. The molecule has 8 nitrogen and oxygen atoms in total. The molecular formula is C20H23ClFN3O5. The van der Waals surface area contributed by atoms with Gasteiger partial charge in [0, 0.05) is 24.7 Å². The summed E-state index contributed by atoms with van der Waals surface area (Å²) in [4.78, 5) is 24.0. The Morgan fingerprint density at radius 2 is 2.20 bits per heavy atom. The number of halogens is 2. The Bertz CT molecular complexity index is 889. The number of carbonyl (C=O) groups excluding carboxylic acids is 2. The zero-order valence-corrected chi connectivity index (χ0v) is 17.1. The third kappa shape index (κ3) is 7.16. The molecule has 0 bridgehead atoms. The second-order valence-corrected chi connectivity index (χ2v) is 6.82. The molecule has 0 saturated carbocycles. The maximum absolute atomic E-state index is 13.3. The van der Waals surface area contributed by atoms with Gasteiger partial charge in [-0.1, -0.05) is 29.8 Å². The standard InChI is InChI=1S/C20H23ClFN3O5/c1-3-12(24-20(28)18-8-13(4-2)25-30-18)7-14(26)10-23-19(27)11-29-15-5-6-16(21)17(22)9-15/h3,5-6,8-9,12,14,26H,1,4,7,10-11H2,2H3,(H,23,27)(H,24,28). The van der Waals surface area contributed by atoms with Crippen LogP contribution in [-0.4, -0.2) is 47.4 Å². The number of amides is 2. The van der Waals surface area contributed by atoms with Gasteiger partial charge in [0.1, 0.15) is 11.6 Å². The smallest absolute Gasteiger partial charge is 0.290 e. The van der Waals surface area contributed by atoms with Crippen LogP contribution in [0.4, 0.5) is 4.39 Å². The van der Waals surface area contributed by atoms with Crippen molar-refractivity contribution in [2.24, 2.45) is 0 Å². The Kier molecular flexibility index (Phi) is 8.82. The lowest BCUT2D eigenvalue weighted by Crippen LogP contribution is -2.40. The van der Waals surface area contributed by atoms with Gasteiger partial charge in [-0.25, -0.2) is 4.39 Å². The lowest BCUT2D eigenvalue weighted by atomic mass is 10.1. The zero-order chi connectivity index (χ0) is 22.1. The summed E-state index contributed by atoms with van der Waals surface area (Å²) in [5.74, 6) is -1.42. The first kappa shape index (κ1) is 23.4. The van der Waals surface area contributed by atoms with Crippen molar-refractivity contribution >= 4 is 23.4 Å². The average Bonchev–Trinajstić information content (AvgIpc) is 3.22. The minimum Gasteiger partial charge on any atom is -0.484 e. The highest BCUT2D eigenvalue weighted by molar-refractivity contribution is 6.30. The van der Waals surface area contributed by atoms with E-state index in [9.17, 15) is 19.1 Å². The van der Waals surface area contributed by atoms with Crippen LogP contribution in [0, 0.1) is 5.82 Å². The Balaban J connectivity index is 1.74. The van der Waals surface area contributed by atoms with Gasteiger partial charge in [-0.15, -0.1) is 6.58 Å². The van der Waals surface area contributed by atoms with E-state index in [1.165, 1.54) is 18.2 Å². The fraction of sp³-hybridized carbons (Fsp3) is 0.350. The molecule has 0 saturated heterocycles. The van der Waals surface area contributed by atoms with E-state index >= 15 is 0 Å². The molecule has 0 aliphatic heterocycles. The number of benzene rings is 1. The average molecular weight is 440 g/mol. The molecule has 30 heavy (non-hydrogen) atoms. The SMILES string of the molecule is C=CC(CC(O)CNC(=O)COc1ccc(Cl)c(F)c1)NC(=O)c1cc(CC)no1. The first-order valence-corrected chi connectivity index (χ1v) is 9.61. The monoisotopic (exact) mass is 439 g/mol. The number of aliphatic hydroxyl groups excluding tert-OH is 1. The summed E-state index contributed by atoms with van der Waals surface area (Å²) in [6.07, 6.45) is 1.27. The number of aromatic nitrogens is 1. The highest BCUT2D eigenvalue weighted by atomic mass is 35.5.